The highest BCUT2D eigenvalue weighted by Gasteiger charge is 2.42. The molecular formula is C13H33N3O3Si. The molecule has 0 amide bonds. The van der Waals surface area contributed by atoms with Gasteiger partial charge < -0.3 is 29.6 Å². The number of hydrogen-bond donors (Lipinski definition) is 3. The Bertz CT molecular complexity index is 223. The number of hydrogen-bond acceptors (Lipinski definition) is 6. The van der Waals surface area contributed by atoms with E-state index in [1.807, 2.05) is 0 Å². The molecule has 2 unspecified atom stereocenters. The second kappa shape index (κ2) is 11.6. The summed E-state index contributed by atoms with van der Waals surface area (Å²) in [6, 6.07) is 1.17. The van der Waals surface area contributed by atoms with Crippen LogP contribution >= 0.6 is 0 Å². The van der Waals surface area contributed by atoms with Crippen molar-refractivity contribution < 1.29 is 13.3 Å². The lowest BCUT2D eigenvalue weighted by atomic mass is 9.99. The molecule has 0 heterocycles. The van der Waals surface area contributed by atoms with Crippen LogP contribution in [0.4, 0.5) is 0 Å². The molecule has 0 aliphatic heterocycles. The zero-order valence-electron chi connectivity index (χ0n) is 13.7. The van der Waals surface area contributed by atoms with E-state index >= 15 is 0 Å². The highest BCUT2D eigenvalue weighted by molar-refractivity contribution is 6.60. The summed E-state index contributed by atoms with van der Waals surface area (Å²) in [5, 5.41) is 6.93. The molecule has 6 nitrogen and oxygen atoms in total. The van der Waals surface area contributed by atoms with Crippen molar-refractivity contribution in [2.45, 2.75) is 32.4 Å². The summed E-state index contributed by atoms with van der Waals surface area (Å²) < 4.78 is 16.7. The minimum absolute atomic E-state index is 0.380. The summed E-state index contributed by atoms with van der Waals surface area (Å²) in [4.78, 5) is 0. The third kappa shape index (κ3) is 6.62. The molecule has 0 fully saturated rings. The number of nitrogens with one attached hydrogen (secondary N) is 2. The van der Waals surface area contributed by atoms with Crippen LogP contribution in [-0.4, -0.2) is 62.4 Å². The molecule has 0 aromatic heterocycles. The molecule has 0 bridgehead atoms. The topological polar surface area (TPSA) is 77.8 Å². The van der Waals surface area contributed by atoms with Crippen LogP contribution in [0.1, 0.15) is 20.3 Å². The Morgan fingerprint density at radius 1 is 1.10 bits per heavy atom. The largest absolute Gasteiger partial charge is 0.500 e. The van der Waals surface area contributed by atoms with Crippen molar-refractivity contribution >= 4 is 8.80 Å². The minimum atomic E-state index is -2.56. The van der Waals surface area contributed by atoms with Gasteiger partial charge >= 0.3 is 8.80 Å². The van der Waals surface area contributed by atoms with Crippen LogP contribution < -0.4 is 16.4 Å². The van der Waals surface area contributed by atoms with Crippen LogP contribution in [0, 0.1) is 5.92 Å². The highest BCUT2D eigenvalue weighted by atomic mass is 28.4. The van der Waals surface area contributed by atoms with E-state index in [9.17, 15) is 0 Å². The average Bonchev–Trinajstić information content (AvgIpc) is 2.50. The summed E-state index contributed by atoms with van der Waals surface area (Å²) in [6.45, 7) is 7.62. The Labute approximate surface area is 125 Å². The fourth-order valence-corrected chi connectivity index (χ4v) is 4.49. The molecule has 0 saturated carbocycles. The van der Waals surface area contributed by atoms with Crippen LogP contribution in [-0.2, 0) is 13.3 Å². The molecule has 0 radical (unpaired) electrons. The quantitative estimate of drug-likeness (QED) is 0.428. The van der Waals surface area contributed by atoms with Crippen LogP contribution in [0.5, 0.6) is 0 Å². The van der Waals surface area contributed by atoms with Gasteiger partial charge in [0.05, 0.1) is 0 Å². The Kier molecular flexibility index (Phi) is 11.6. The lowest BCUT2D eigenvalue weighted by Crippen LogP contribution is -2.51. The average molecular weight is 308 g/mol. The van der Waals surface area contributed by atoms with Crippen molar-refractivity contribution in [1.82, 2.24) is 10.6 Å². The molecule has 0 spiro atoms. The molecule has 0 aliphatic rings. The smallest absolute Gasteiger partial charge is 0.377 e. The van der Waals surface area contributed by atoms with Crippen LogP contribution in [0.25, 0.3) is 0 Å². The molecule has 0 aliphatic carbocycles. The fourth-order valence-electron chi connectivity index (χ4n) is 2.42. The van der Waals surface area contributed by atoms with E-state index in [0.29, 0.717) is 18.5 Å². The van der Waals surface area contributed by atoms with Gasteiger partial charge in [0.25, 0.3) is 0 Å². The van der Waals surface area contributed by atoms with Crippen LogP contribution in [0.15, 0.2) is 0 Å². The van der Waals surface area contributed by atoms with Gasteiger partial charge in [-0.25, -0.2) is 0 Å². The second-order valence-electron chi connectivity index (χ2n) is 4.82. The number of nitrogens with two attached hydrogens (primary N) is 1. The van der Waals surface area contributed by atoms with Gasteiger partial charge in [0.2, 0.25) is 0 Å². The van der Waals surface area contributed by atoms with Gasteiger partial charge in [0.15, 0.2) is 0 Å². The normalized spacial score (nSPS) is 15.3. The highest BCUT2D eigenvalue weighted by Crippen LogP contribution is 2.23. The summed E-state index contributed by atoms with van der Waals surface area (Å²) >= 11 is 0. The van der Waals surface area contributed by atoms with Crippen molar-refractivity contribution in [1.29, 1.82) is 0 Å². The summed E-state index contributed by atoms with van der Waals surface area (Å²) in [5.74, 6) is 0.387. The van der Waals surface area contributed by atoms with Gasteiger partial charge in [0.1, 0.15) is 0 Å². The van der Waals surface area contributed by atoms with Crippen LogP contribution in [0.2, 0.25) is 6.04 Å². The van der Waals surface area contributed by atoms with Crippen LogP contribution in [0.3, 0.4) is 0 Å². The van der Waals surface area contributed by atoms with Crippen molar-refractivity contribution in [3.8, 4) is 0 Å². The Hall–Kier alpha value is -0.0231. The third-order valence-corrected chi connectivity index (χ3v) is 6.55. The maximum Gasteiger partial charge on any atom is 0.500 e. The monoisotopic (exact) mass is 307 g/mol. The van der Waals surface area contributed by atoms with E-state index in [2.05, 4.69) is 24.5 Å². The maximum absolute atomic E-state index is 5.59. The lowest BCUT2D eigenvalue weighted by Gasteiger charge is -2.33. The summed E-state index contributed by atoms with van der Waals surface area (Å²) in [5.41, 5.74) is 5.59. The third-order valence-electron chi connectivity index (χ3n) is 3.66. The van der Waals surface area contributed by atoms with Crippen molar-refractivity contribution in [3.63, 3.8) is 0 Å². The van der Waals surface area contributed by atoms with Gasteiger partial charge in [-0.1, -0.05) is 13.8 Å². The Morgan fingerprint density at radius 3 is 2.10 bits per heavy atom. The minimum Gasteiger partial charge on any atom is -0.377 e. The van der Waals surface area contributed by atoms with Crippen molar-refractivity contribution in [3.05, 3.63) is 0 Å². The number of rotatable bonds is 13. The predicted molar refractivity (Wildman–Crippen MR) is 84.8 cm³/mol. The fraction of sp³-hybridized carbons (Fsp3) is 1.00. The standard InChI is InChI=1S/C13H33N3O3Si/c1-6-13(16-9-8-14)12(10-15-7-2)11-20(17-3,18-4)19-5/h12-13,15-16H,6-11,14H2,1-5H3. The first kappa shape index (κ1) is 20.0. The summed E-state index contributed by atoms with van der Waals surface area (Å²) in [6.07, 6.45) is 1.04. The molecule has 0 rings (SSSR count). The predicted octanol–water partition coefficient (Wildman–Crippen LogP) is 0.417. The lowest BCUT2D eigenvalue weighted by molar-refractivity contribution is 0.114. The van der Waals surface area contributed by atoms with Crippen molar-refractivity contribution in [2.24, 2.45) is 11.7 Å². The molecule has 7 heteroatoms. The van der Waals surface area contributed by atoms with Gasteiger partial charge in [-0.05, 0) is 25.4 Å². The first-order valence-electron chi connectivity index (χ1n) is 7.42. The zero-order chi connectivity index (χ0) is 15.4. The van der Waals surface area contributed by atoms with Gasteiger partial charge in [-0.3, -0.25) is 0 Å². The van der Waals surface area contributed by atoms with Crippen molar-refractivity contribution in [2.75, 3.05) is 47.5 Å². The van der Waals surface area contributed by atoms with Gasteiger partial charge in [-0.2, -0.15) is 0 Å². The molecule has 122 valence electrons. The van der Waals surface area contributed by atoms with E-state index in [0.717, 1.165) is 32.1 Å². The van der Waals surface area contributed by atoms with E-state index in [-0.39, 0.29) is 0 Å². The van der Waals surface area contributed by atoms with E-state index in [1.54, 1.807) is 21.3 Å². The molecule has 0 aromatic carbocycles. The molecular weight excluding hydrogens is 274 g/mol. The Morgan fingerprint density at radius 2 is 1.70 bits per heavy atom. The first-order chi connectivity index (χ1) is 9.62. The van der Waals surface area contributed by atoms with Gasteiger partial charge in [-0.15, -0.1) is 0 Å². The van der Waals surface area contributed by atoms with E-state index in [1.165, 1.54) is 0 Å². The summed E-state index contributed by atoms with van der Waals surface area (Å²) in [7, 11) is 2.43. The second-order valence-corrected chi connectivity index (χ2v) is 7.82. The Balaban J connectivity index is 4.81. The van der Waals surface area contributed by atoms with E-state index < -0.39 is 8.80 Å². The zero-order valence-corrected chi connectivity index (χ0v) is 14.7. The molecule has 0 aromatic rings. The molecule has 0 saturated heterocycles. The molecule has 2 atom stereocenters. The van der Waals surface area contributed by atoms with Gasteiger partial charge in [0, 0.05) is 46.5 Å². The van der Waals surface area contributed by atoms with E-state index in [4.69, 9.17) is 19.0 Å². The SMILES string of the molecule is CCNCC(C[Si](OC)(OC)OC)C(CC)NCCN. The molecule has 20 heavy (non-hydrogen) atoms. The first-order valence-corrected chi connectivity index (χ1v) is 9.35. The maximum atomic E-state index is 5.59. The molecule has 4 N–H and O–H groups in total.